The van der Waals surface area contributed by atoms with Crippen LogP contribution < -0.4 is 5.32 Å². The highest BCUT2D eigenvalue weighted by molar-refractivity contribution is 7.09. The van der Waals surface area contributed by atoms with Gasteiger partial charge in [0, 0.05) is 17.3 Å². The molecule has 2 heterocycles. The highest BCUT2D eigenvalue weighted by atomic mass is 32.1. The lowest BCUT2D eigenvalue weighted by atomic mass is 10.3. The summed E-state index contributed by atoms with van der Waals surface area (Å²) in [5, 5.41) is 3.15. The van der Waals surface area contributed by atoms with E-state index in [1.807, 2.05) is 6.20 Å². The Morgan fingerprint density at radius 3 is 2.94 bits per heavy atom. The van der Waals surface area contributed by atoms with E-state index < -0.39 is 0 Å². The van der Waals surface area contributed by atoms with Gasteiger partial charge in [-0.15, -0.1) is 11.3 Å². The topological polar surface area (TPSA) is 64.1 Å². The van der Waals surface area contributed by atoms with Crippen molar-refractivity contribution in [1.82, 2.24) is 9.97 Å². The standard InChI is InChI=1S/C12H13N3O2S/c1-2-17-12(16)9-3-4-11(14-5-9)15-7-10-6-13-8-18-10/h3-6,8H,2,7H2,1H3,(H,14,15). The van der Waals surface area contributed by atoms with E-state index in [0.29, 0.717) is 18.7 Å². The number of rotatable bonds is 5. The van der Waals surface area contributed by atoms with Crippen LogP contribution >= 0.6 is 11.3 Å². The Hall–Kier alpha value is -1.95. The van der Waals surface area contributed by atoms with E-state index in [1.54, 1.807) is 35.9 Å². The molecule has 0 spiro atoms. The number of carbonyl (C=O) groups excluding carboxylic acids is 1. The zero-order chi connectivity index (χ0) is 12.8. The Labute approximate surface area is 109 Å². The summed E-state index contributed by atoms with van der Waals surface area (Å²) in [6.45, 7) is 2.82. The molecule has 0 unspecified atom stereocenters. The molecule has 1 N–H and O–H groups in total. The third kappa shape index (κ3) is 3.27. The second-order valence-electron chi connectivity index (χ2n) is 3.47. The second kappa shape index (κ2) is 6.11. The molecule has 2 aromatic rings. The molecule has 0 atom stereocenters. The van der Waals surface area contributed by atoms with Gasteiger partial charge in [0.05, 0.1) is 24.2 Å². The lowest BCUT2D eigenvalue weighted by Crippen LogP contribution is -2.06. The molecule has 6 heteroatoms. The van der Waals surface area contributed by atoms with Crippen molar-refractivity contribution < 1.29 is 9.53 Å². The minimum atomic E-state index is -0.348. The quantitative estimate of drug-likeness (QED) is 0.839. The molecule has 0 saturated carbocycles. The largest absolute Gasteiger partial charge is 0.462 e. The Morgan fingerprint density at radius 1 is 1.44 bits per heavy atom. The number of nitrogens with one attached hydrogen (secondary N) is 1. The van der Waals surface area contributed by atoms with Crippen LogP contribution in [0.2, 0.25) is 0 Å². The summed E-state index contributed by atoms with van der Waals surface area (Å²) in [5.74, 6) is 0.371. The van der Waals surface area contributed by atoms with Crippen molar-refractivity contribution in [3.05, 3.63) is 40.5 Å². The van der Waals surface area contributed by atoms with Gasteiger partial charge in [0.25, 0.3) is 0 Å². The fraction of sp³-hybridized carbons (Fsp3) is 0.250. The predicted molar refractivity (Wildman–Crippen MR) is 69.6 cm³/mol. The molecule has 18 heavy (non-hydrogen) atoms. The number of esters is 1. The predicted octanol–water partition coefficient (Wildman–Crippen LogP) is 2.33. The van der Waals surface area contributed by atoms with E-state index in [0.717, 1.165) is 10.7 Å². The first-order valence-electron chi connectivity index (χ1n) is 5.54. The molecule has 0 amide bonds. The summed E-state index contributed by atoms with van der Waals surface area (Å²) in [6, 6.07) is 3.45. The van der Waals surface area contributed by atoms with Crippen molar-refractivity contribution >= 4 is 23.1 Å². The Balaban J connectivity index is 1.93. The van der Waals surface area contributed by atoms with Crippen LogP contribution in [0.4, 0.5) is 5.82 Å². The van der Waals surface area contributed by atoms with E-state index in [2.05, 4.69) is 15.3 Å². The Morgan fingerprint density at radius 2 is 2.33 bits per heavy atom. The molecule has 0 saturated heterocycles. The average molecular weight is 263 g/mol. The monoisotopic (exact) mass is 263 g/mol. The van der Waals surface area contributed by atoms with Gasteiger partial charge in [-0.1, -0.05) is 0 Å². The van der Waals surface area contributed by atoms with Crippen LogP contribution in [0.5, 0.6) is 0 Å². The molecule has 94 valence electrons. The number of pyridine rings is 1. The smallest absolute Gasteiger partial charge is 0.339 e. The average Bonchev–Trinajstić information content (AvgIpc) is 2.90. The van der Waals surface area contributed by atoms with E-state index in [4.69, 9.17) is 4.74 Å². The summed E-state index contributed by atoms with van der Waals surface area (Å²) >= 11 is 1.58. The van der Waals surface area contributed by atoms with Crippen LogP contribution in [0.15, 0.2) is 30.0 Å². The van der Waals surface area contributed by atoms with Crippen molar-refractivity contribution in [3.8, 4) is 0 Å². The lowest BCUT2D eigenvalue weighted by molar-refractivity contribution is 0.0526. The third-order valence-electron chi connectivity index (χ3n) is 2.20. The number of anilines is 1. The van der Waals surface area contributed by atoms with Gasteiger partial charge < -0.3 is 10.1 Å². The number of ether oxygens (including phenoxy) is 1. The summed E-state index contributed by atoms with van der Waals surface area (Å²) in [7, 11) is 0. The molecular formula is C12H13N3O2S. The Bertz CT molecular complexity index is 497. The first-order valence-corrected chi connectivity index (χ1v) is 6.42. The number of carbonyl (C=O) groups is 1. The maximum absolute atomic E-state index is 11.4. The molecule has 2 aromatic heterocycles. The lowest BCUT2D eigenvalue weighted by Gasteiger charge is -2.05. The van der Waals surface area contributed by atoms with Gasteiger partial charge in [0.2, 0.25) is 0 Å². The molecule has 0 aliphatic carbocycles. The first kappa shape index (κ1) is 12.5. The second-order valence-corrected chi connectivity index (χ2v) is 4.44. The Kier molecular flexibility index (Phi) is 4.25. The van der Waals surface area contributed by atoms with Crippen LogP contribution in [0.25, 0.3) is 0 Å². The van der Waals surface area contributed by atoms with Crippen LogP contribution in [0.1, 0.15) is 22.2 Å². The van der Waals surface area contributed by atoms with Crippen LogP contribution in [-0.2, 0) is 11.3 Å². The molecule has 2 rings (SSSR count). The molecule has 0 aliphatic heterocycles. The van der Waals surface area contributed by atoms with Gasteiger partial charge in [-0.2, -0.15) is 0 Å². The first-order chi connectivity index (χ1) is 8.79. The van der Waals surface area contributed by atoms with E-state index in [9.17, 15) is 4.79 Å². The summed E-state index contributed by atoms with van der Waals surface area (Å²) in [4.78, 5) is 20.7. The maximum atomic E-state index is 11.4. The van der Waals surface area contributed by atoms with Crippen LogP contribution in [-0.4, -0.2) is 22.5 Å². The number of thiazole rings is 1. The molecule has 5 nitrogen and oxygen atoms in total. The normalized spacial score (nSPS) is 10.1. The van der Waals surface area contributed by atoms with Crippen molar-refractivity contribution in [1.29, 1.82) is 0 Å². The van der Waals surface area contributed by atoms with Crippen molar-refractivity contribution in [3.63, 3.8) is 0 Å². The minimum Gasteiger partial charge on any atom is -0.462 e. The van der Waals surface area contributed by atoms with Crippen molar-refractivity contribution in [2.24, 2.45) is 0 Å². The van der Waals surface area contributed by atoms with Gasteiger partial charge in [-0.3, -0.25) is 4.98 Å². The molecule has 0 aromatic carbocycles. The van der Waals surface area contributed by atoms with Gasteiger partial charge >= 0.3 is 5.97 Å². The van der Waals surface area contributed by atoms with Crippen LogP contribution in [0.3, 0.4) is 0 Å². The SMILES string of the molecule is CCOC(=O)c1ccc(NCc2cncs2)nc1. The van der Waals surface area contributed by atoms with Gasteiger partial charge in [-0.05, 0) is 19.1 Å². The van der Waals surface area contributed by atoms with Gasteiger partial charge in [0.1, 0.15) is 5.82 Å². The van der Waals surface area contributed by atoms with E-state index >= 15 is 0 Å². The fourth-order valence-corrected chi connectivity index (χ4v) is 1.88. The maximum Gasteiger partial charge on any atom is 0.339 e. The van der Waals surface area contributed by atoms with Crippen molar-refractivity contribution in [2.45, 2.75) is 13.5 Å². The van der Waals surface area contributed by atoms with E-state index in [-0.39, 0.29) is 5.97 Å². The van der Waals surface area contributed by atoms with Crippen molar-refractivity contribution in [2.75, 3.05) is 11.9 Å². The number of nitrogens with zero attached hydrogens (tertiary/aromatic N) is 2. The highest BCUT2D eigenvalue weighted by Crippen LogP contribution is 2.10. The number of hydrogen-bond donors (Lipinski definition) is 1. The van der Waals surface area contributed by atoms with Gasteiger partial charge in [-0.25, -0.2) is 9.78 Å². The number of aromatic nitrogens is 2. The van der Waals surface area contributed by atoms with Crippen LogP contribution in [0, 0.1) is 0 Å². The highest BCUT2D eigenvalue weighted by Gasteiger charge is 2.06. The molecule has 0 fully saturated rings. The summed E-state index contributed by atoms with van der Waals surface area (Å²) in [5.41, 5.74) is 2.24. The third-order valence-corrected chi connectivity index (χ3v) is 2.98. The molecule has 0 aliphatic rings. The zero-order valence-electron chi connectivity index (χ0n) is 9.92. The summed E-state index contributed by atoms with van der Waals surface area (Å²) < 4.78 is 4.88. The minimum absolute atomic E-state index is 0.348. The molecule has 0 bridgehead atoms. The zero-order valence-corrected chi connectivity index (χ0v) is 10.7. The summed E-state index contributed by atoms with van der Waals surface area (Å²) in [6.07, 6.45) is 3.32. The molecular weight excluding hydrogens is 250 g/mol. The number of hydrogen-bond acceptors (Lipinski definition) is 6. The fourth-order valence-electron chi connectivity index (χ4n) is 1.34. The van der Waals surface area contributed by atoms with E-state index in [1.165, 1.54) is 6.20 Å². The van der Waals surface area contributed by atoms with Gasteiger partial charge in [0.15, 0.2) is 0 Å². The molecule has 0 radical (unpaired) electrons.